The van der Waals surface area contributed by atoms with E-state index in [0.29, 0.717) is 0 Å². The third kappa shape index (κ3) is 6.06. The van der Waals surface area contributed by atoms with Gasteiger partial charge in [-0.05, 0) is 51.4 Å². The van der Waals surface area contributed by atoms with Gasteiger partial charge >= 0.3 is 0 Å². The molecule has 102 valence electrons. The molecule has 0 saturated carbocycles. The first kappa shape index (κ1) is 15.0. The molecule has 0 atom stereocenters. The van der Waals surface area contributed by atoms with E-state index in [2.05, 4.69) is 44.3 Å². The van der Waals surface area contributed by atoms with E-state index in [1.165, 1.54) is 30.4 Å². The molecule has 0 fully saturated rings. The second-order valence-corrected chi connectivity index (χ2v) is 4.89. The number of ether oxygens (including phenoxy) is 1. The van der Waals surface area contributed by atoms with Crippen molar-refractivity contribution in [1.82, 2.24) is 5.32 Å². The fourth-order valence-corrected chi connectivity index (χ4v) is 2.03. The molecule has 0 heterocycles. The minimum Gasteiger partial charge on any atom is -0.493 e. The van der Waals surface area contributed by atoms with Crippen LogP contribution in [-0.2, 0) is 0 Å². The number of aryl methyl sites for hydroxylation is 2. The fraction of sp³-hybridized carbons (Fsp3) is 0.625. The lowest BCUT2D eigenvalue weighted by molar-refractivity contribution is 0.302. The number of rotatable bonds is 9. The Bertz CT molecular complexity index is 336. The molecule has 1 N–H and O–H groups in total. The lowest BCUT2D eigenvalue weighted by Gasteiger charge is -2.09. The van der Waals surface area contributed by atoms with Gasteiger partial charge in [0.25, 0.3) is 0 Å². The Kier molecular flexibility index (Phi) is 7.51. The predicted molar refractivity (Wildman–Crippen MR) is 78.4 cm³/mol. The summed E-state index contributed by atoms with van der Waals surface area (Å²) in [5.74, 6) is 1.04. The summed E-state index contributed by atoms with van der Waals surface area (Å²) in [7, 11) is 0. The molecule has 18 heavy (non-hydrogen) atoms. The van der Waals surface area contributed by atoms with Crippen molar-refractivity contribution in [2.24, 2.45) is 0 Å². The molecule has 1 aromatic carbocycles. The first-order valence-electron chi connectivity index (χ1n) is 7.15. The first-order chi connectivity index (χ1) is 8.74. The molecule has 0 bridgehead atoms. The third-order valence-electron chi connectivity index (χ3n) is 3.09. The molecular formula is C16H27NO. The highest BCUT2D eigenvalue weighted by Crippen LogP contribution is 2.19. The van der Waals surface area contributed by atoms with Gasteiger partial charge in [0.1, 0.15) is 5.75 Å². The largest absolute Gasteiger partial charge is 0.493 e. The Morgan fingerprint density at radius 1 is 1.06 bits per heavy atom. The molecule has 0 unspecified atom stereocenters. The molecule has 0 aliphatic rings. The third-order valence-corrected chi connectivity index (χ3v) is 3.09. The molecule has 0 saturated heterocycles. The molecule has 0 aliphatic carbocycles. The van der Waals surface area contributed by atoms with Crippen LogP contribution >= 0.6 is 0 Å². The van der Waals surface area contributed by atoms with Crippen molar-refractivity contribution in [2.45, 2.75) is 46.5 Å². The van der Waals surface area contributed by atoms with Crippen molar-refractivity contribution in [3.63, 3.8) is 0 Å². The summed E-state index contributed by atoms with van der Waals surface area (Å²) in [5.41, 5.74) is 2.53. The summed E-state index contributed by atoms with van der Waals surface area (Å²) in [6, 6.07) is 6.36. The molecule has 0 spiro atoms. The number of hydrogen-bond donors (Lipinski definition) is 1. The van der Waals surface area contributed by atoms with Crippen LogP contribution in [0.3, 0.4) is 0 Å². The summed E-state index contributed by atoms with van der Waals surface area (Å²) in [5, 5.41) is 3.35. The maximum atomic E-state index is 5.80. The van der Waals surface area contributed by atoms with Gasteiger partial charge in [-0.1, -0.05) is 37.5 Å². The maximum Gasteiger partial charge on any atom is 0.122 e. The number of benzene rings is 1. The Morgan fingerprint density at radius 2 is 1.83 bits per heavy atom. The van der Waals surface area contributed by atoms with Crippen molar-refractivity contribution in [1.29, 1.82) is 0 Å². The van der Waals surface area contributed by atoms with E-state index in [1.807, 2.05) is 0 Å². The quantitative estimate of drug-likeness (QED) is 0.671. The maximum absolute atomic E-state index is 5.80. The molecule has 0 radical (unpaired) electrons. The summed E-state index contributed by atoms with van der Waals surface area (Å²) in [4.78, 5) is 0. The zero-order chi connectivity index (χ0) is 13.2. The molecule has 2 heteroatoms. The van der Waals surface area contributed by atoms with Gasteiger partial charge in [0.2, 0.25) is 0 Å². The van der Waals surface area contributed by atoms with E-state index >= 15 is 0 Å². The van der Waals surface area contributed by atoms with Gasteiger partial charge in [0, 0.05) is 0 Å². The minimum atomic E-state index is 0.838. The second kappa shape index (κ2) is 8.98. The van der Waals surface area contributed by atoms with Crippen molar-refractivity contribution in [3.8, 4) is 5.75 Å². The van der Waals surface area contributed by atoms with Crippen LogP contribution in [0, 0.1) is 13.8 Å². The van der Waals surface area contributed by atoms with E-state index in [0.717, 1.165) is 31.9 Å². The topological polar surface area (TPSA) is 21.3 Å². The van der Waals surface area contributed by atoms with E-state index in [4.69, 9.17) is 4.74 Å². The van der Waals surface area contributed by atoms with Gasteiger partial charge < -0.3 is 10.1 Å². The lowest BCUT2D eigenvalue weighted by Crippen LogP contribution is -2.13. The lowest BCUT2D eigenvalue weighted by atomic mass is 10.1. The Morgan fingerprint density at radius 3 is 2.56 bits per heavy atom. The van der Waals surface area contributed by atoms with E-state index in [-0.39, 0.29) is 0 Å². The van der Waals surface area contributed by atoms with Gasteiger partial charge in [-0.2, -0.15) is 0 Å². The molecule has 1 rings (SSSR count). The van der Waals surface area contributed by atoms with Gasteiger partial charge in [0.05, 0.1) is 6.61 Å². The SMILES string of the molecule is CCNCCCCCCOc1ccc(C)cc1C. The number of hydrogen-bond acceptors (Lipinski definition) is 2. The minimum absolute atomic E-state index is 0.838. The normalized spacial score (nSPS) is 10.6. The zero-order valence-corrected chi connectivity index (χ0v) is 12.1. The summed E-state index contributed by atoms with van der Waals surface area (Å²) in [6.45, 7) is 9.44. The highest BCUT2D eigenvalue weighted by Gasteiger charge is 1.99. The average molecular weight is 249 g/mol. The predicted octanol–water partition coefficient (Wildman–Crippen LogP) is 3.85. The first-order valence-corrected chi connectivity index (χ1v) is 7.15. The summed E-state index contributed by atoms with van der Waals surface area (Å²) >= 11 is 0. The van der Waals surface area contributed by atoms with E-state index < -0.39 is 0 Å². The Balaban J connectivity index is 2.07. The van der Waals surface area contributed by atoms with Gasteiger partial charge in [0.15, 0.2) is 0 Å². The van der Waals surface area contributed by atoms with Crippen LogP contribution in [0.1, 0.15) is 43.7 Å². The van der Waals surface area contributed by atoms with E-state index in [1.54, 1.807) is 0 Å². The van der Waals surface area contributed by atoms with Crippen LogP contribution in [0.5, 0.6) is 5.75 Å². The van der Waals surface area contributed by atoms with Crippen LogP contribution in [0.4, 0.5) is 0 Å². The monoisotopic (exact) mass is 249 g/mol. The van der Waals surface area contributed by atoms with Crippen LogP contribution in [0.2, 0.25) is 0 Å². The van der Waals surface area contributed by atoms with Gasteiger partial charge in [-0.3, -0.25) is 0 Å². The molecule has 0 aliphatic heterocycles. The molecular weight excluding hydrogens is 222 g/mol. The van der Waals surface area contributed by atoms with E-state index in [9.17, 15) is 0 Å². The Hall–Kier alpha value is -1.02. The second-order valence-electron chi connectivity index (χ2n) is 4.89. The smallest absolute Gasteiger partial charge is 0.122 e. The highest BCUT2D eigenvalue weighted by molar-refractivity contribution is 5.35. The molecule has 2 nitrogen and oxygen atoms in total. The number of unbranched alkanes of at least 4 members (excludes halogenated alkanes) is 3. The van der Waals surface area contributed by atoms with Crippen molar-refractivity contribution >= 4 is 0 Å². The van der Waals surface area contributed by atoms with Crippen LogP contribution in [0.25, 0.3) is 0 Å². The highest BCUT2D eigenvalue weighted by atomic mass is 16.5. The van der Waals surface area contributed by atoms with Crippen LogP contribution in [0.15, 0.2) is 18.2 Å². The molecule has 1 aromatic rings. The summed E-state index contributed by atoms with van der Waals surface area (Å²) in [6.07, 6.45) is 4.98. The standard InChI is InChI=1S/C16H27NO/c1-4-17-11-7-5-6-8-12-18-16-10-9-14(2)13-15(16)3/h9-10,13,17H,4-8,11-12H2,1-3H3. The van der Waals surface area contributed by atoms with Crippen LogP contribution in [-0.4, -0.2) is 19.7 Å². The van der Waals surface area contributed by atoms with Gasteiger partial charge in [-0.15, -0.1) is 0 Å². The number of nitrogens with one attached hydrogen (secondary N) is 1. The summed E-state index contributed by atoms with van der Waals surface area (Å²) < 4.78 is 5.80. The van der Waals surface area contributed by atoms with Gasteiger partial charge in [-0.25, -0.2) is 0 Å². The Labute approximate surface area is 112 Å². The zero-order valence-electron chi connectivity index (χ0n) is 12.1. The average Bonchev–Trinajstić information content (AvgIpc) is 2.35. The fourth-order valence-electron chi connectivity index (χ4n) is 2.03. The molecule has 0 amide bonds. The van der Waals surface area contributed by atoms with Crippen molar-refractivity contribution in [2.75, 3.05) is 19.7 Å². The molecule has 0 aromatic heterocycles. The van der Waals surface area contributed by atoms with Crippen molar-refractivity contribution in [3.05, 3.63) is 29.3 Å². The van der Waals surface area contributed by atoms with Crippen molar-refractivity contribution < 1.29 is 4.74 Å². The van der Waals surface area contributed by atoms with Crippen LogP contribution < -0.4 is 10.1 Å².